The number of hydrogen-bond acceptors (Lipinski definition) is 2. The molecule has 1 aromatic rings. The monoisotopic (exact) mass is 325 g/mol. The summed E-state index contributed by atoms with van der Waals surface area (Å²) in [7, 11) is 0. The summed E-state index contributed by atoms with van der Waals surface area (Å²) in [4.78, 5) is 10.4. The molecular formula is C15H20BrNO2. The Bertz CT molecular complexity index is 418. The van der Waals surface area contributed by atoms with Gasteiger partial charge in [0.05, 0.1) is 6.61 Å². The zero-order valence-electron chi connectivity index (χ0n) is 11.3. The van der Waals surface area contributed by atoms with E-state index >= 15 is 0 Å². The van der Waals surface area contributed by atoms with E-state index < -0.39 is 0 Å². The zero-order chi connectivity index (χ0) is 14.1. The second-order valence-corrected chi connectivity index (χ2v) is 5.60. The Morgan fingerprint density at radius 3 is 2.79 bits per heavy atom. The highest BCUT2D eigenvalue weighted by Crippen LogP contribution is 2.18. The lowest BCUT2D eigenvalue weighted by Crippen LogP contribution is -2.24. The van der Waals surface area contributed by atoms with Crippen LogP contribution in [-0.2, 0) is 4.79 Å². The van der Waals surface area contributed by atoms with Crippen molar-refractivity contribution in [2.75, 3.05) is 13.2 Å². The summed E-state index contributed by atoms with van der Waals surface area (Å²) in [5, 5.41) is 2.70. The van der Waals surface area contributed by atoms with E-state index in [4.69, 9.17) is 4.74 Å². The first-order valence-corrected chi connectivity index (χ1v) is 7.15. The third-order valence-electron chi connectivity index (χ3n) is 2.49. The molecule has 0 aliphatic heterocycles. The topological polar surface area (TPSA) is 38.3 Å². The molecule has 104 valence electrons. The SMILES string of the molecule is CC(C)/C=C/[C@@H](CNC=O)COc1cccc(Br)c1. The number of carbonyl (C=O) groups excluding carboxylic acids is 1. The van der Waals surface area contributed by atoms with Crippen molar-refractivity contribution in [3.05, 3.63) is 40.9 Å². The third-order valence-corrected chi connectivity index (χ3v) is 2.98. The number of allylic oxidation sites excluding steroid dienone is 1. The largest absolute Gasteiger partial charge is 0.493 e. The molecule has 0 aliphatic rings. The lowest BCUT2D eigenvalue weighted by molar-refractivity contribution is -0.109. The van der Waals surface area contributed by atoms with Crippen molar-refractivity contribution in [1.29, 1.82) is 0 Å². The van der Waals surface area contributed by atoms with Crippen LogP contribution >= 0.6 is 15.9 Å². The molecule has 1 amide bonds. The Balaban J connectivity index is 2.54. The van der Waals surface area contributed by atoms with Gasteiger partial charge >= 0.3 is 0 Å². The van der Waals surface area contributed by atoms with E-state index in [0.717, 1.165) is 16.6 Å². The van der Waals surface area contributed by atoms with Gasteiger partial charge in [0.2, 0.25) is 6.41 Å². The summed E-state index contributed by atoms with van der Waals surface area (Å²) in [6.07, 6.45) is 4.94. The van der Waals surface area contributed by atoms with Crippen LogP contribution in [0.2, 0.25) is 0 Å². The van der Waals surface area contributed by atoms with Gasteiger partial charge in [-0.25, -0.2) is 0 Å². The summed E-state index contributed by atoms with van der Waals surface area (Å²) >= 11 is 3.41. The molecule has 0 spiro atoms. The number of halogens is 1. The number of amides is 1. The van der Waals surface area contributed by atoms with E-state index in [1.807, 2.05) is 24.3 Å². The molecule has 0 saturated carbocycles. The molecule has 0 fully saturated rings. The summed E-state index contributed by atoms with van der Waals surface area (Å²) < 4.78 is 6.73. The zero-order valence-corrected chi connectivity index (χ0v) is 12.9. The predicted molar refractivity (Wildman–Crippen MR) is 81.2 cm³/mol. The minimum absolute atomic E-state index is 0.173. The minimum Gasteiger partial charge on any atom is -0.493 e. The van der Waals surface area contributed by atoms with E-state index in [9.17, 15) is 4.79 Å². The minimum atomic E-state index is 0.173. The highest BCUT2D eigenvalue weighted by atomic mass is 79.9. The Hall–Kier alpha value is -1.29. The first-order valence-electron chi connectivity index (χ1n) is 6.35. The lowest BCUT2D eigenvalue weighted by Gasteiger charge is -2.14. The molecule has 3 nitrogen and oxygen atoms in total. The first-order chi connectivity index (χ1) is 9.11. The van der Waals surface area contributed by atoms with Gasteiger partial charge in [0.15, 0.2) is 0 Å². The van der Waals surface area contributed by atoms with Gasteiger partial charge in [0.25, 0.3) is 0 Å². The average Bonchev–Trinajstić information content (AvgIpc) is 2.37. The van der Waals surface area contributed by atoms with Crippen LogP contribution in [0.4, 0.5) is 0 Å². The third kappa shape index (κ3) is 7.01. The van der Waals surface area contributed by atoms with Crippen molar-refractivity contribution in [3.63, 3.8) is 0 Å². The fourth-order valence-corrected chi connectivity index (χ4v) is 1.90. The summed E-state index contributed by atoms with van der Waals surface area (Å²) in [5.41, 5.74) is 0. The molecule has 1 N–H and O–H groups in total. The molecule has 0 bridgehead atoms. The highest BCUT2D eigenvalue weighted by Gasteiger charge is 2.06. The van der Waals surface area contributed by atoms with Gasteiger partial charge in [0, 0.05) is 16.9 Å². The number of nitrogens with one attached hydrogen (secondary N) is 1. The van der Waals surface area contributed by atoms with E-state index in [0.29, 0.717) is 19.1 Å². The molecule has 0 heterocycles. The molecule has 0 aromatic heterocycles. The van der Waals surface area contributed by atoms with Crippen LogP contribution < -0.4 is 10.1 Å². The number of hydrogen-bond donors (Lipinski definition) is 1. The van der Waals surface area contributed by atoms with Crippen LogP contribution in [0.15, 0.2) is 40.9 Å². The first kappa shape index (κ1) is 15.8. The second kappa shape index (κ2) is 8.75. The van der Waals surface area contributed by atoms with Crippen molar-refractivity contribution in [1.82, 2.24) is 5.32 Å². The maximum Gasteiger partial charge on any atom is 0.207 e. The van der Waals surface area contributed by atoms with Gasteiger partial charge in [-0.2, -0.15) is 0 Å². The summed E-state index contributed by atoms with van der Waals surface area (Å²) in [5.74, 6) is 1.49. The fraction of sp³-hybridized carbons (Fsp3) is 0.400. The highest BCUT2D eigenvalue weighted by molar-refractivity contribution is 9.10. The molecule has 1 aromatic carbocycles. The smallest absolute Gasteiger partial charge is 0.207 e. The van der Waals surface area contributed by atoms with Gasteiger partial charge in [-0.05, 0) is 24.1 Å². The van der Waals surface area contributed by atoms with Crippen LogP contribution in [0.5, 0.6) is 5.75 Å². The maximum atomic E-state index is 10.4. The maximum absolute atomic E-state index is 10.4. The number of ether oxygens (including phenoxy) is 1. The number of rotatable bonds is 8. The Labute approximate surface area is 123 Å². The molecule has 0 unspecified atom stereocenters. The van der Waals surface area contributed by atoms with Crippen LogP contribution in [0.3, 0.4) is 0 Å². The second-order valence-electron chi connectivity index (χ2n) is 4.68. The van der Waals surface area contributed by atoms with Gasteiger partial charge in [-0.1, -0.05) is 48.0 Å². The molecule has 1 rings (SSSR count). The van der Waals surface area contributed by atoms with Crippen molar-refractivity contribution in [2.45, 2.75) is 13.8 Å². The van der Waals surface area contributed by atoms with E-state index in [2.05, 4.69) is 47.2 Å². The van der Waals surface area contributed by atoms with Gasteiger partial charge in [-0.3, -0.25) is 4.79 Å². The van der Waals surface area contributed by atoms with Crippen molar-refractivity contribution < 1.29 is 9.53 Å². The van der Waals surface area contributed by atoms with Crippen LogP contribution in [0, 0.1) is 11.8 Å². The number of benzene rings is 1. The Morgan fingerprint density at radius 2 is 2.16 bits per heavy atom. The number of carbonyl (C=O) groups is 1. The van der Waals surface area contributed by atoms with Crippen molar-refractivity contribution >= 4 is 22.3 Å². The van der Waals surface area contributed by atoms with Crippen LogP contribution in [-0.4, -0.2) is 19.6 Å². The molecule has 1 atom stereocenters. The van der Waals surface area contributed by atoms with Gasteiger partial charge in [0.1, 0.15) is 5.75 Å². The molecule has 0 saturated heterocycles. The quantitative estimate of drug-likeness (QED) is 0.587. The predicted octanol–water partition coefficient (Wildman–Crippen LogP) is 3.40. The summed E-state index contributed by atoms with van der Waals surface area (Å²) in [6.45, 7) is 5.37. The molecule has 4 heteroatoms. The lowest BCUT2D eigenvalue weighted by atomic mass is 10.1. The van der Waals surface area contributed by atoms with Crippen molar-refractivity contribution in [2.24, 2.45) is 11.8 Å². The normalized spacial score (nSPS) is 12.6. The molecular weight excluding hydrogens is 306 g/mol. The Kier molecular flexibility index (Phi) is 7.26. The average molecular weight is 326 g/mol. The van der Waals surface area contributed by atoms with Crippen molar-refractivity contribution in [3.8, 4) is 5.75 Å². The Morgan fingerprint density at radius 1 is 1.37 bits per heavy atom. The van der Waals surface area contributed by atoms with E-state index in [1.165, 1.54) is 0 Å². The van der Waals surface area contributed by atoms with E-state index in [1.54, 1.807) is 0 Å². The van der Waals surface area contributed by atoms with Gasteiger partial charge in [-0.15, -0.1) is 0 Å². The fourth-order valence-electron chi connectivity index (χ4n) is 1.52. The van der Waals surface area contributed by atoms with Crippen LogP contribution in [0.25, 0.3) is 0 Å². The molecule has 19 heavy (non-hydrogen) atoms. The summed E-state index contributed by atoms with van der Waals surface area (Å²) in [6, 6.07) is 7.73. The van der Waals surface area contributed by atoms with Crippen LogP contribution in [0.1, 0.15) is 13.8 Å². The van der Waals surface area contributed by atoms with Gasteiger partial charge < -0.3 is 10.1 Å². The van der Waals surface area contributed by atoms with E-state index in [-0.39, 0.29) is 5.92 Å². The molecule has 0 radical (unpaired) electrons. The molecule has 0 aliphatic carbocycles. The standard InChI is InChI=1S/C15H20BrNO2/c1-12(2)6-7-13(9-17-11-18)10-19-15-5-3-4-14(16)8-15/h3-8,11-13H,9-10H2,1-2H3,(H,17,18)/b7-6+/t13-/m0/s1.